The lowest BCUT2D eigenvalue weighted by molar-refractivity contribution is 0.173. The molecule has 0 aromatic carbocycles. The van der Waals surface area contributed by atoms with E-state index in [1.807, 2.05) is 23.4 Å². The second-order valence-electron chi connectivity index (χ2n) is 4.07. The van der Waals surface area contributed by atoms with Crippen molar-refractivity contribution in [3.8, 4) is 0 Å². The molecule has 1 aliphatic heterocycles. The normalized spacial score (nSPS) is 24.4. The van der Waals surface area contributed by atoms with Gasteiger partial charge in [0.2, 0.25) is 0 Å². The number of hydrogen-bond donors (Lipinski definition) is 0. The van der Waals surface area contributed by atoms with E-state index in [4.69, 9.17) is 4.74 Å². The van der Waals surface area contributed by atoms with Gasteiger partial charge in [0.1, 0.15) is 23.1 Å². The molecular formula is C11H12FN3OS. The highest BCUT2D eigenvalue weighted by Gasteiger charge is 2.32. The van der Waals surface area contributed by atoms with Crippen molar-refractivity contribution in [1.29, 1.82) is 0 Å². The zero-order valence-electron chi connectivity index (χ0n) is 9.34. The molecule has 0 N–H and O–H groups in total. The molecule has 0 spiro atoms. The number of alkyl halides is 1. The maximum absolute atomic E-state index is 13.6. The molecular weight excluding hydrogens is 241 g/mol. The highest BCUT2D eigenvalue weighted by atomic mass is 32.1. The molecule has 2 unspecified atom stereocenters. The van der Waals surface area contributed by atoms with Crippen LogP contribution in [0.25, 0.3) is 10.2 Å². The van der Waals surface area contributed by atoms with Gasteiger partial charge < -0.3 is 9.64 Å². The third-order valence-electron chi connectivity index (χ3n) is 3.06. The second kappa shape index (κ2) is 4.19. The Morgan fingerprint density at radius 3 is 3.12 bits per heavy atom. The first kappa shape index (κ1) is 10.9. The first-order valence-electron chi connectivity index (χ1n) is 5.40. The minimum Gasteiger partial charge on any atom is -0.376 e. The molecule has 17 heavy (non-hydrogen) atoms. The number of thiophene rings is 1. The molecule has 90 valence electrons. The topological polar surface area (TPSA) is 38.2 Å². The number of rotatable bonds is 2. The Kier molecular flexibility index (Phi) is 2.68. The molecule has 0 bridgehead atoms. The number of fused-ring (bicyclic) bond motifs is 1. The van der Waals surface area contributed by atoms with Gasteiger partial charge in [-0.1, -0.05) is 0 Å². The fourth-order valence-electron chi connectivity index (χ4n) is 2.09. The molecule has 2 aromatic heterocycles. The van der Waals surface area contributed by atoms with Gasteiger partial charge in [-0.3, -0.25) is 0 Å². The van der Waals surface area contributed by atoms with E-state index in [9.17, 15) is 4.39 Å². The monoisotopic (exact) mass is 253 g/mol. The van der Waals surface area contributed by atoms with Gasteiger partial charge >= 0.3 is 0 Å². The van der Waals surface area contributed by atoms with Crippen LogP contribution >= 0.6 is 11.3 Å². The van der Waals surface area contributed by atoms with Gasteiger partial charge in [-0.2, -0.15) is 0 Å². The van der Waals surface area contributed by atoms with Crippen LogP contribution in [-0.2, 0) is 4.74 Å². The van der Waals surface area contributed by atoms with Crippen molar-refractivity contribution >= 4 is 27.4 Å². The minimum absolute atomic E-state index is 0.173. The Labute approximate surface area is 102 Å². The van der Waals surface area contributed by atoms with Gasteiger partial charge in [0, 0.05) is 7.05 Å². The van der Waals surface area contributed by atoms with E-state index >= 15 is 0 Å². The van der Waals surface area contributed by atoms with Crippen LogP contribution in [0.2, 0.25) is 0 Å². The predicted octanol–water partition coefficient (Wildman–Crippen LogP) is 1.86. The third-order valence-corrected chi connectivity index (χ3v) is 3.88. The maximum Gasteiger partial charge on any atom is 0.146 e. The molecule has 1 fully saturated rings. The van der Waals surface area contributed by atoms with Gasteiger partial charge in [-0.05, 0) is 11.4 Å². The molecule has 2 aromatic rings. The van der Waals surface area contributed by atoms with Crippen LogP contribution in [0.4, 0.5) is 10.2 Å². The van der Waals surface area contributed by atoms with Gasteiger partial charge in [0.25, 0.3) is 0 Å². The van der Waals surface area contributed by atoms with Gasteiger partial charge in [-0.15, -0.1) is 11.3 Å². The number of aromatic nitrogens is 2. The molecule has 3 heterocycles. The van der Waals surface area contributed by atoms with E-state index < -0.39 is 6.17 Å². The first-order chi connectivity index (χ1) is 8.27. The van der Waals surface area contributed by atoms with Crippen molar-refractivity contribution in [1.82, 2.24) is 9.97 Å². The van der Waals surface area contributed by atoms with Crippen molar-refractivity contribution in [2.45, 2.75) is 12.2 Å². The number of halogens is 1. The molecule has 1 saturated heterocycles. The Morgan fingerprint density at radius 1 is 1.47 bits per heavy atom. The van der Waals surface area contributed by atoms with Crippen LogP contribution in [-0.4, -0.2) is 42.4 Å². The minimum atomic E-state index is -0.955. The van der Waals surface area contributed by atoms with Crippen LogP contribution in [0.5, 0.6) is 0 Å². The Hall–Kier alpha value is -1.27. The number of nitrogens with zero attached hydrogens (tertiary/aromatic N) is 3. The molecule has 0 saturated carbocycles. The Morgan fingerprint density at radius 2 is 2.35 bits per heavy atom. The summed E-state index contributed by atoms with van der Waals surface area (Å²) in [4.78, 5) is 11.2. The summed E-state index contributed by atoms with van der Waals surface area (Å²) in [6, 6.07) is 1.71. The maximum atomic E-state index is 13.6. The number of anilines is 1. The van der Waals surface area contributed by atoms with E-state index in [-0.39, 0.29) is 12.6 Å². The van der Waals surface area contributed by atoms with E-state index in [0.717, 1.165) is 16.0 Å². The van der Waals surface area contributed by atoms with E-state index in [2.05, 4.69) is 9.97 Å². The van der Waals surface area contributed by atoms with Crippen molar-refractivity contribution in [3.63, 3.8) is 0 Å². The summed E-state index contributed by atoms with van der Waals surface area (Å²) in [7, 11) is 1.85. The predicted molar refractivity (Wildman–Crippen MR) is 65.3 cm³/mol. The highest BCUT2D eigenvalue weighted by molar-refractivity contribution is 7.16. The second-order valence-corrected chi connectivity index (χ2v) is 4.96. The summed E-state index contributed by atoms with van der Waals surface area (Å²) in [6.45, 7) is 0.584. The van der Waals surface area contributed by atoms with Gasteiger partial charge in [0.15, 0.2) is 0 Å². The fraction of sp³-hybridized carbons (Fsp3) is 0.455. The molecule has 4 nitrogen and oxygen atoms in total. The van der Waals surface area contributed by atoms with Crippen LogP contribution < -0.4 is 4.90 Å². The molecule has 0 amide bonds. The van der Waals surface area contributed by atoms with Crippen LogP contribution in [0.3, 0.4) is 0 Å². The fourth-order valence-corrected chi connectivity index (χ4v) is 2.81. The summed E-state index contributed by atoms with van der Waals surface area (Å²) in [5.74, 6) is 0.773. The quantitative estimate of drug-likeness (QED) is 0.819. The summed E-state index contributed by atoms with van der Waals surface area (Å²) in [6.07, 6.45) is 0.567. The summed E-state index contributed by atoms with van der Waals surface area (Å²) < 4.78 is 18.8. The van der Waals surface area contributed by atoms with Crippen molar-refractivity contribution in [3.05, 3.63) is 17.8 Å². The van der Waals surface area contributed by atoms with Gasteiger partial charge in [0.05, 0.1) is 24.6 Å². The number of likely N-dealkylation sites (N-methyl/N-ethyl adjacent to an activating group) is 1. The molecule has 1 aliphatic rings. The van der Waals surface area contributed by atoms with E-state index in [1.54, 1.807) is 11.3 Å². The van der Waals surface area contributed by atoms with E-state index in [1.165, 1.54) is 6.33 Å². The number of hydrogen-bond acceptors (Lipinski definition) is 5. The first-order valence-corrected chi connectivity index (χ1v) is 6.28. The van der Waals surface area contributed by atoms with E-state index in [0.29, 0.717) is 6.61 Å². The van der Waals surface area contributed by atoms with Crippen molar-refractivity contribution < 1.29 is 9.13 Å². The zero-order chi connectivity index (χ0) is 11.8. The Balaban J connectivity index is 2.00. The zero-order valence-corrected chi connectivity index (χ0v) is 10.2. The lowest BCUT2D eigenvalue weighted by atomic mass is 10.2. The molecule has 2 atom stereocenters. The highest BCUT2D eigenvalue weighted by Crippen LogP contribution is 2.29. The smallest absolute Gasteiger partial charge is 0.146 e. The average Bonchev–Trinajstić information content (AvgIpc) is 2.95. The summed E-state index contributed by atoms with van der Waals surface area (Å²) in [5, 5.41) is 2.94. The average molecular weight is 253 g/mol. The molecule has 0 radical (unpaired) electrons. The summed E-state index contributed by atoms with van der Waals surface area (Å²) >= 11 is 1.56. The van der Waals surface area contributed by atoms with Crippen molar-refractivity contribution in [2.75, 3.05) is 25.2 Å². The lowest BCUT2D eigenvalue weighted by Crippen LogP contribution is -2.39. The SMILES string of the molecule is CN(c1ncnc2sccc12)C1COCC1F. The molecule has 0 aliphatic carbocycles. The van der Waals surface area contributed by atoms with Crippen LogP contribution in [0, 0.1) is 0 Å². The Bertz CT molecular complexity index is 532. The molecule has 6 heteroatoms. The van der Waals surface area contributed by atoms with Gasteiger partial charge in [-0.25, -0.2) is 14.4 Å². The summed E-state index contributed by atoms with van der Waals surface area (Å²) in [5.41, 5.74) is 0. The van der Waals surface area contributed by atoms with Crippen LogP contribution in [0.1, 0.15) is 0 Å². The molecule has 3 rings (SSSR count). The number of ether oxygens (including phenoxy) is 1. The third kappa shape index (κ3) is 1.77. The van der Waals surface area contributed by atoms with Crippen molar-refractivity contribution in [2.24, 2.45) is 0 Å². The standard InChI is InChI=1S/C11H12FN3OS/c1-15(9-5-16-4-8(9)12)10-7-2-3-17-11(7)14-6-13-10/h2-3,6,8-9H,4-5H2,1H3. The van der Waals surface area contributed by atoms with Crippen LogP contribution in [0.15, 0.2) is 17.8 Å². The lowest BCUT2D eigenvalue weighted by Gasteiger charge is -2.26. The largest absolute Gasteiger partial charge is 0.376 e.